The molecule has 3 rings (SSSR count). The molecule has 0 spiro atoms. The maximum Gasteiger partial charge on any atom is 0.260 e. The Kier molecular flexibility index (Phi) is 7.15. The smallest absolute Gasteiger partial charge is 0.260 e. The van der Waals surface area contributed by atoms with Gasteiger partial charge >= 0.3 is 0 Å². The van der Waals surface area contributed by atoms with E-state index in [0.29, 0.717) is 23.9 Å². The Hall–Kier alpha value is -2.38. The van der Waals surface area contributed by atoms with Gasteiger partial charge in [-0.15, -0.1) is 0 Å². The summed E-state index contributed by atoms with van der Waals surface area (Å²) in [6, 6.07) is 14.7. The predicted octanol–water partition coefficient (Wildman–Crippen LogP) is 3.28. The van der Waals surface area contributed by atoms with Crippen LogP contribution < -0.4 is 4.74 Å². The first-order valence-corrected chi connectivity index (χ1v) is 11.9. The minimum Gasteiger partial charge on any atom is -0.483 e. The van der Waals surface area contributed by atoms with E-state index in [-0.39, 0.29) is 25.6 Å². The number of ether oxygens (including phenoxy) is 1. The van der Waals surface area contributed by atoms with Gasteiger partial charge in [0.05, 0.1) is 4.90 Å². The Morgan fingerprint density at radius 1 is 1.00 bits per heavy atom. The highest BCUT2D eigenvalue weighted by molar-refractivity contribution is 7.89. The molecule has 1 aliphatic rings. The van der Waals surface area contributed by atoms with E-state index < -0.39 is 10.0 Å². The third-order valence-corrected chi connectivity index (χ3v) is 7.39. The van der Waals surface area contributed by atoms with Crippen LogP contribution in [0.25, 0.3) is 0 Å². The van der Waals surface area contributed by atoms with Gasteiger partial charge in [-0.25, -0.2) is 8.42 Å². The summed E-state index contributed by atoms with van der Waals surface area (Å²) in [4.78, 5) is 14.5. The molecule has 2 aromatic rings. The number of rotatable bonds is 7. The lowest BCUT2D eigenvalue weighted by molar-refractivity contribution is -0.134. The van der Waals surface area contributed by atoms with Crippen LogP contribution in [0.15, 0.2) is 53.4 Å². The van der Waals surface area contributed by atoms with Crippen molar-refractivity contribution in [1.29, 1.82) is 0 Å². The summed E-state index contributed by atoms with van der Waals surface area (Å²) in [5.74, 6) is 0.946. The first-order chi connectivity index (χ1) is 14.3. The van der Waals surface area contributed by atoms with Crippen LogP contribution in [-0.4, -0.2) is 56.3 Å². The summed E-state index contributed by atoms with van der Waals surface area (Å²) in [5.41, 5.74) is 2.17. The summed E-state index contributed by atoms with van der Waals surface area (Å²) in [6.07, 6.45) is 0.832. The highest BCUT2D eigenvalue weighted by Crippen LogP contribution is 2.22. The molecule has 0 atom stereocenters. The number of benzene rings is 2. The second-order valence-corrected chi connectivity index (χ2v) is 9.70. The van der Waals surface area contributed by atoms with Gasteiger partial charge in [0.2, 0.25) is 10.0 Å². The monoisotopic (exact) mass is 430 g/mol. The number of para-hydroxylation sites is 1. The van der Waals surface area contributed by atoms with Crippen molar-refractivity contribution in [2.75, 3.05) is 32.8 Å². The van der Waals surface area contributed by atoms with Crippen molar-refractivity contribution in [3.8, 4) is 5.75 Å². The molecule has 2 aromatic carbocycles. The van der Waals surface area contributed by atoms with Gasteiger partial charge in [0.1, 0.15) is 5.75 Å². The molecule has 7 heteroatoms. The topological polar surface area (TPSA) is 66.9 Å². The molecule has 0 aromatic heterocycles. The molecular weight excluding hydrogens is 400 g/mol. The van der Waals surface area contributed by atoms with Crippen LogP contribution in [0.1, 0.15) is 37.8 Å². The molecule has 30 heavy (non-hydrogen) atoms. The zero-order chi connectivity index (χ0) is 21.7. The molecule has 6 nitrogen and oxygen atoms in total. The molecule has 1 aliphatic heterocycles. The lowest BCUT2D eigenvalue weighted by Gasteiger charge is -2.34. The fourth-order valence-corrected chi connectivity index (χ4v) is 4.94. The molecule has 1 fully saturated rings. The van der Waals surface area contributed by atoms with Crippen molar-refractivity contribution in [1.82, 2.24) is 9.21 Å². The van der Waals surface area contributed by atoms with Crippen molar-refractivity contribution in [3.63, 3.8) is 0 Å². The van der Waals surface area contributed by atoms with Crippen LogP contribution in [0, 0.1) is 0 Å². The SMILES string of the molecule is CCc1ccccc1OCC(=O)N1CCN(S(=O)(=O)c2ccc(C(C)C)cc2)CC1. The number of carbonyl (C=O) groups excluding carboxylic acids is 1. The Morgan fingerprint density at radius 3 is 2.23 bits per heavy atom. The number of nitrogens with zero attached hydrogens (tertiary/aromatic N) is 2. The number of carbonyl (C=O) groups is 1. The molecule has 0 aliphatic carbocycles. The first-order valence-electron chi connectivity index (χ1n) is 10.4. The zero-order valence-corrected chi connectivity index (χ0v) is 18.7. The summed E-state index contributed by atoms with van der Waals surface area (Å²) < 4.78 is 33.0. The molecule has 1 heterocycles. The predicted molar refractivity (Wildman–Crippen MR) is 117 cm³/mol. The fourth-order valence-electron chi connectivity index (χ4n) is 3.52. The first kappa shape index (κ1) is 22.3. The lowest BCUT2D eigenvalue weighted by Crippen LogP contribution is -2.51. The molecular formula is C23H30N2O4S. The van der Waals surface area contributed by atoms with E-state index in [9.17, 15) is 13.2 Å². The van der Waals surface area contributed by atoms with E-state index in [1.165, 1.54) is 4.31 Å². The van der Waals surface area contributed by atoms with Gasteiger partial charge in [0.25, 0.3) is 5.91 Å². The van der Waals surface area contributed by atoms with Crippen LogP contribution >= 0.6 is 0 Å². The van der Waals surface area contributed by atoms with E-state index in [0.717, 1.165) is 23.3 Å². The molecule has 162 valence electrons. The van der Waals surface area contributed by atoms with E-state index in [1.807, 2.05) is 43.3 Å². The Morgan fingerprint density at radius 2 is 1.63 bits per heavy atom. The number of hydrogen-bond acceptors (Lipinski definition) is 4. The average Bonchev–Trinajstić information content (AvgIpc) is 2.77. The van der Waals surface area contributed by atoms with Crippen LogP contribution in [-0.2, 0) is 21.2 Å². The van der Waals surface area contributed by atoms with Crippen LogP contribution in [0.4, 0.5) is 0 Å². The lowest BCUT2D eigenvalue weighted by atomic mass is 10.0. The minimum atomic E-state index is -3.55. The van der Waals surface area contributed by atoms with Crippen molar-refractivity contribution in [2.24, 2.45) is 0 Å². The fraction of sp³-hybridized carbons (Fsp3) is 0.435. The van der Waals surface area contributed by atoms with Crippen molar-refractivity contribution >= 4 is 15.9 Å². The molecule has 0 unspecified atom stereocenters. The van der Waals surface area contributed by atoms with E-state index >= 15 is 0 Å². The van der Waals surface area contributed by atoms with Crippen molar-refractivity contribution < 1.29 is 17.9 Å². The maximum atomic E-state index is 12.9. The Labute approximate surface area is 179 Å². The van der Waals surface area contributed by atoms with Gasteiger partial charge in [-0.3, -0.25) is 4.79 Å². The highest BCUT2D eigenvalue weighted by Gasteiger charge is 2.30. The summed E-state index contributed by atoms with van der Waals surface area (Å²) in [5, 5.41) is 0. The number of sulfonamides is 1. The largest absolute Gasteiger partial charge is 0.483 e. The van der Waals surface area contributed by atoms with Gasteiger partial charge in [0, 0.05) is 26.2 Å². The van der Waals surface area contributed by atoms with Crippen LogP contribution in [0.2, 0.25) is 0 Å². The number of piperazine rings is 1. The molecule has 0 bridgehead atoms. The molecule has 1 amide bonds. The normalized spacial score (nSPS) is 15.4. The Balaban J connectivity index is 1.56. The van der Waals surface area contributed by atoms with E-state index in [4.69, 9.17) is 4.74 Å². The van der Waals surface area contributed by atoms with E-state index in [1.54, 1.807) is 17.0 Å². The number of amides is 1. The number of hydrogen-bond donors (Lipinski definition) is 0. The summed E-state index contributed by atoms with van der Waals surface area (Å²) in [7, 11) is -3.55. The zero-order valence-electron chi connectivity index (χ0n) is 17.9. The minimum absolute atomic E-state index is 0.0412. The van der Waals surface area contributed by atoms with Gasteiger partial charge in [0.15, 0.2) is 6.61 Å². The quantitative estimate of drug-likeness (QED) is 0.676. The molecule has 0 saturated carbocycles. The van der Waals surface area contributed by atoms with Crippen LogP contribution in [0.3, 0.4) is 0 Å². The van der Waals surface area contributed by atoms with Crippen molar-refractivity contribution in [3.05, 3.63) is 59.7 Å². The van der Waals surface area contributed by atoms with Crippen LogP contribution in [0.5, 0.6) is 5.75 Å². The van der Waals surface area contributed by atoms with Gasteiger partial charge < -0.3 is 9.64 Å². The second-order valence-electron chi connectivity index (χ2n) is 7.76. The molecule has 0 N–H and O–H groups in total. The third kappa shape index (κ3) is 5.02. The van der Waals surface area contributed by atoms with Crippen molar-refractivity contribution in [2.45, 2.75) is 38.0 Å². The summed E-state index contributed by atoms with van der Waals surface area (Å²) >= 11 is 0. The second kappa shape index (κ2) is 9.62. The third-order valence-electron chi connectivity index (χ3n) is 5.48. The summed E-state index contributed by atoms with van der Waals surface area (Å²) in [6.45, 7) is 7.44. The van der Waals surface area contributed by atoms with Gasteiger partial charge in [-0.2, -0.15) is 4.31 Å². The van der Waals surface area contributed by atoms with Gasteiger partial charge in [-0.05, 0) is 41.7 Å². The van der Waals surface area contributed by atoms with E-state index in [2.05, 4.69) is 13.8 Å². The molecule has 1 saturated heterocycles. The van der Waals surface area contributed by atoms with Gasteiger partial charge in [-0.1, -0.05) is 51.1 Å². The highest BCUT2D eigenvalue weighted by atomic mass is 32.2. The Bertz CT molecular complexity index is 963. The standard InChI is InChI=1S/C23H30N2O4S/c1-4-19-7-5-6-8-22(19)29-17-23(26)24-13-15-25(16-14-24)30(27,28)21-11-9-20(10-12-21)18(2)3/h5-12,18H,4,13-17H2,1-3H3. The number of aryl methyl sites for hydroxylation is 1. The maximum absolute atomic E-state index is 12.9. The molecule has 0 radical (unpaired) electrons. The average molecular weight is 431 g/mol.